The predicted octanol–water partition coefficient (Wildman–Crippen LogP) is 2.59. The molecule has 1 aliphatic heterocycles. The summed E-state index contributed by atoms with van der Waals surface area (Å²) in [6.45, 7) is 3.54. The Bertz CT molecular complexity index is 895. The highest BCUT2D eigenvalue weighted by atomic mass is 35.5. The van der Waals surface area contributed by atoms with Crippen molar-refractivity contribution in [2.75, 3.05) is 41.7 Å². The summed E-state index contributed by atoms with van der Waals surface area (Å²) in [5, 5.41) is 5.89. The molecule has 1 fully saturated rings. The van der Waals surface area contributed by atoms with Crippen molar-refractivity contribution >= 4 is 46.4 Å². The molecule has 0 radical (unpaired) electrons. The molecule has 2 aromatic rings. The average molecular weight is 401 g/mol. The van der Waals surface area contributed by atoms with Gasteiger partial charge in [-0.2, -0.15) is 0 Å². The van der Waals surface area contributed by atoms with Crippen LogP contribution in [0, 0.1) is 0 Å². The molecular formula is C20H21ClN4O3. The lowest BCUT2D eigenvalue weighted by Crippen LogP contribution is -2.51. The van der Waals surface area contributed by atoms with E-state index in [1.807, 2.05) is 24.3 Å². The Hall–Kier alpha value is -3.06. The maximum absolute atomic E-state index is 12.5. The van der Waals surface area contributed by atoms with Crippen LogP contribution >= 0.6 is 11.6 Å². The number of amides is 3. The van der Waals surface area contributed by atoms with E-state index in [-0.39, 0.29) is 5.91 Å². The maximum Gasteiger partial charge on any atom is 0.313 e. The summed E-state index contributed by atoms with van der Waals surface area (Å²) < 4.78 is 0. The summed E-state index contributed by atoms with van der Waals surface area (Å²) in [6.07, 6.45) is 0. The molecule has 1 saturated heterocycles. The lowest BCUT2D eigenvalue weighted by atomic mass is 10.2. The number of carbonyl (C=O) groups excluding carboxylic acids is 3. The van der Waals surface area contributed by atoms with Crippen LogP contribution in [-0.2, 0) is 14.4 Å². The number of benzene rings is 2. The van der Waals surface area contributed by atoms with Crippen LogP contribution in [0.3, 0.4) is 0 Å². The van der Waals surface area contributed by atoms with Crippen LogP contribution < -0.4 is 15.5 Å². The largest absolute Gasteiger partial charge is 0.368 e. The number of piperazine rings is 1. The van der Waals surface area contributed by atoms with Crippen molar-refractivity contribution in [3.05, 3.63) is 53.6 Å². The number of carbonyl (C=O) groups is 3. The van der Waals surface area contributed by atoms with Crippen LogP contribution in [0.15, 0.2) is 48.5 Å². The molecule has 3 amide bonds. The summed E-state index contributed by atoms with van der Waals surface area (Å²) in [6, 6.07) is 14.2. The first-order valence-electron chi connectivity index (χ1n) is 8.91. The smallest absolute Gasteiger partial charge is 0.313 e. The third-order valence-corrected chi connectivity index (χ3v) is 4.61. The van der Waals surface area contributed by atoms with Crippen molar-refractivity contribution in [3.8, 4) is 0 Å². The van der Waals surface area contributed by atoms with Crippen LogP contribution in [0.2, 0.25) is 5.02 Å². The number of rotatable bonds is 3. The van der Waals surface area contributed by atoms with E-state index >= 15 is 0 Å². The molecule has 0 saturated carbocycles. The van der Waals surface area contributed by atoms with E-state index < -0.39 is 11.8 Å². The number of halogens is 1. The van der Waals surface area contributed by atoms with Crippen LogP contribution in [0.1, 0.15) is 6.92 Å². The molecule has 0 aliphatic carbocycles. The third kappa shape index (κ3) is 5.01. The zero-order valence-electron chi connectivity index (χ0n) is 15.4. The van der Waals surface area contributed by atoms with Crippen molar-refractivity contribution in [1.29, 1.82) is 0 Å². The molecule has 3 rings (SSSR count). The molecule has 2 aromatic carbocycles. The van der Waals surface area contributed by atoms with Gasteiger partial charge >= 0.3 is 11.8 Å². The molecule has 8 heteroatoms. The zero-order chi connectivity index (χ0) is 20.1. The minimum Gasteiger partial charge on any atom is -0.368 e. The first kappa shape index (κ1) is 19.7. The molecule has 7 nitrogen and oxygen atoms in total. The highest BCUT2D eigenvalue weighted by Gasteiger charge is 2.26. The lowest BCUT2D eigenvalue weighted by molar-refractivity contribution is -0.143. The summed E-state index contributed by atoms with van der Waals surface area (Å²) in [4.78, 5) is 39.6. The molecular weight excluding hydrogens is 380 g/mol. The van der Waals surface area contributed by atoms with E-state index in [0.717, 1.165) is 5.69 Å². The molecule has 1 aliphatic rings. The van der Waals surface area contributed by atoms with E-state index in [1.165, 1.54) is 11.8 Å². The van der Waals surface area contributed by atoms with Crippen LogP contribution in [0.5, 0.6) is 0 Å². The Morgan fingerprint density at radius 3 is 2.18 bits per heavy atom. The van der Waals surface area contributed by atoms with E-state index in [9.17, 15) is 14.4 Å². The van der Waals surface area contributed by atoms with E-state index in [0.29, 0.717) is 42.6 Å². The maximum atomic E-state index is 12.5. The number of hydrogen-bond acceptors (Lipinski definition) is 4. The molecule has 0 bridgehead atoms. The topological polar surface area (TPSA) is 81.8 Å². The Morgan fingerprint density at radius 2 is 1.54 bits per heavy atom. The number of hydrogen-bond donors (Lipinski definition) is 2. The van der Waals surface area contributed by atoms with Crippen molar-refractivity contribution < 1.29 is 14.4 Å². The fraction of sp³-hybridized carbons (Fsp3) is 0.250. The first-order valence-corrected chi connectivity index (χ1v) is 9.28. The summed E-state index contributed by atoms with van der Waals surface area (Å²) in [7, 11) is 0. The van der Waals surface area contributed by atoms with Gasteiger partial charge in [0.1, 0.15) is 0 Å². The normalized spacial score (nSPS) is 13.8. The fourth-order valence-electron chi connectivity index (χ4n) is 3.05. The SMILES string of the molecule is CC(=O)Nc1cccc(NC(=O)C(=O)N2CCN(c3cccc(Cl)c3)CC2)c1. The second kappa shape index (κ2) is 8.75. The van der Waals surface area contributed by atoms with Gasteiger partial charge in [0.15, 0.2) is 0 Å². The van der Waals surface area contributed by atoms with Crippen LogP contribution in [0.25, 0.3) is 0 Å². The molecule has 28 heavy (non-hydrogen) atoms. The van der Waals surface area contributed by atoms with Crippen molar-refractivity contribution in [3.63, 3.8) is 0 Å². The minimum atomic E-state index is -0.698. The van der Waals surface area contributed by atoms with E-state index in [4.69, 9.17) is 11.6 Å². The molecule has 1 heterocycles. The van der Waals surface area contributed by atoms with Gasteiger partial charge in [0.2, 0.25) is 5.91 Å². The second-order valence-corrected chi connectivity index (χ2v) is 6.91. The van der Waals surface area contributed by atoms with Gasteiger partial charge in [-0.25, -0.2) is 0 Å². The monoisotopic (exact) mass is 400 g/mol. The van der Waals surface area contributed by atoms with Gasteiger partial charge in [0.25, 0.3) is 0 Å². The Kier molecular flexibility index (Phi) is 6.16. The highest BCUT2D eigenvalue weighted by molar-refractivity contribution is 6.39. The summed E-state index contributed by atoms with van der Waals surface area (Å²) >= 11 is 6.03. The predicted molar refractivity (Wildman–Crippen MR) is 110 cm³/mol. The Morgan fingerprint density at radius 1 is 0.893 bits per heavy atom. The number of nitrogens with zero attached hydrogens (tertiary/aromatic N) is 2. The second-order valence-electron chi connectivity index (χ2n) is 6.48. The average Bonchev–Trinajstić information content (AvgIpc) is 2.67. The van der Waals surface area contributed by atoms with Crippen molar-refractivity contribution in [2.24, 2.45) is 0 Å². The van der Waals surface area contributed by atoms with Gasteiger partial charge in [-0.05, 0) is 36.4 Å². The fourth-order valence-corrected chi connectivity index (χ4v) is 3.23. The standard InChI is InChI=1S/C20H21ClN4O3/c1-14(26)22-16-5-3-6-17(13-16)23-19(27)20(28)25-10-8-24(9-11-25)18-7-2-4-15(21)12-18/h2-7,12-13H,8-11H2,1H3,(H,22,26)(H,23,27). The first-order chi connectivity index (χ1) is 13.4. The summed E-state index contributed by atoms with van der Waals surface area (Å²) in [5.41, 5.74) is 1.99. The van der Waals surface area contributed by atoms with Crippen LogP contribution in [0.4, 0.5) is 17.1 Å². The lowest BCUT2D eigenvalue weighted by Gasteiger charge is -2.35. The molecule has 146 valence electrons. The Labute approximate surface area is 168 Å². The van der Waals surface area contributed by atoms with Gasteiger partial charge in [-0.15, -0.1) is 0 Å². The Balaban J connectivity index is 1.56. The van der Waals surface area contributed by atoms with Gasteiger partial charge in [-0.3, -0.25) is 14.4 Å². The zero-order valence-corrected chi connectivity index (χ0v) is 16.2. The van der Waals surface area contributed by atoms with Gasteiger partial charge in [-0.1, -0.05) is 23.7 Å². The quantitative estimate of drug-likeness (QED) is 0.776. The number of anilines is 3. The molecule has 2 N–H and O–H groups in total. The summed E-state index contributed by atoms with van der Waals surface area (Å²) in [5.74, 6) is -1.48. The van der Waals surface area contributed by atoms with Gasteiger partial charge in [0.05, 0.1) is 0 Å². The molecule has 0 aromatic heterocycles. The molecule has 0 spiro atoms. The molecule has 0 atom stereocenters. The van der Waals surface area contributed by atoms with E-state index in [2.05, 4.69) is 15.5 Å². The van der Waals surface area contributed by atoms with Gasteiger partial charge in [0, 0.05) is 55.2 Å². The van der Waals surface area contributed by atoms with Crippen LogP contribution in [-0.4, -0.2) is 48.8 Å². The highest BCUT2D eigenvalue weighted by Crippen LogP contribution is 2.21. The van der Waals surface area contributed by atoms with Crippen molar-refractivity contribution in [2.45, 2.75) is 6.92 Å². The molecule has 0 unspecified atom stereocenters. The minimum absolute atomic E-state index is 0.211. The number of nitrogens with one attached hydrogen (secondary N) is 2. The van der Waals surface area contributed by atoms with Gasteiger partial charge < -0.3 is 20.4 Å². The van der Waals surface area contributed by atoms with Crippen molar-refractivity contribution in [1.82, 2.24) is 4.90 Å². The van der Waals surface area contributed by atoms with E-state index in [1.54, 1.807) is 24.3 Å². The third-order valence-electron chi connectivity index (χ3n) is 4.38.